The third kappa shape index (κ3) is 5.39. The number of nitrogens with zero attached hydrogens (tertiary/aromatic N) is 3. The molecule has 1 aromatic heterocycles. The van der Waals surface area contributed by atoms with Gasteiger partial charge >= 0.3 is 0 Å². The van der Waals surface area contributed by atoms with Crippen LogP contribution in [0, 0.1) is 23.5 Å². The number of para-hydroxylation sites is 1. The molecule has 1 N–H and O–H groups in total. The summed E-state index contributed by atoms with van der Waals surface area (Å²) in [5.41, 5.74) is 2.66. The first-order valence-electron chi connectivity index (χ1n) is 13.6. The second-order valence-corrected chi connectivity index (χ2v) is 11.3. The Labute approximate surface area is 227 Å². The van der Waals surface area contributed by atoms with Crippen LogP contribution in [0.15, 0.2) is 36.4 Å². The monoisotopic (exact) mass is 542 g/mol. The number of ether oxygens (including phenoxy) is 1. The highest BCUT2D eigenvalue weighted by Crippen LogP contribution is 2.43. The molecule has 5 rings (SSSR count). The normalized spacial score (nSPS) is 21.0. The smallest absolute Gasteiger partial charge is 0.226 e. The first kappa shape index (κ1) is 27.5. The summed E-state index contributed by atoms with van der Waals surface area (Å²) in [5.74, 6) is -1.57. The lowest BCUT2D eigenvalue weighted by molar-refractivity contribution is -0.133. The molecular weight excluding hydrogens is 505 g/mol. The number of hydrogen-bond acceptors (Lipinski definition) is 4. The Morgan fingerprint density at radius 3 is 2.54 bits per heavy atom. The van der Waals surface area contributed by atoms with Crippen LogP contribution in [0.4, 0.5) is 13.2 Å². The number of likely N-dealkylation sites (tertiary alicyclic amines) is 1. The van der Waals surface area contributed by atoms with Crippen LogP contribution in [-0.2, 0) is 11.2 Å². The summed E-state index contributed by atoms with van der Waals surface area (Å²) in [6.07, 6.45) is 0.697. The van der Waals surface area contributed by atoms with Gasteiger partial charge in [0.1, 0.15) is 24.0 Å². The summed E-state index contributed by atoms with van der Waals surface area (Å²) in [5, 5.41) is 1.04. The van der Waals surface area contributed by atoms with E-state index >= 15 is 8.78 Å². The van der Waals surface area contributed by atoms with Crippen molar-refractivity contribution in [3.8, 4) is 5.75 Å². The van der Waals surface area contributed by atoms with E-state index in [2.05, 4.69) is 9.88 Å². The van der Waals surface area contributed by atoms with E-state index in [1.807, 2.05) is 43.0 Å². The number of aromatic nitrogens is 1. The molecule has 0 spiro atoms. The van der Waals surface area contributed by atoms with Crippen molar-refractivity contribution < 1.29 is 22.7 Å². The Morgan fingerprint density at radius 2 is 1.87 bits per heavy atom. The number of nitrogens with one attached hydrogen (secondary N) is 1. The van der Waals surface area contributed by atoms with Crippen LogP contribution >= 0.6 is 0 Å². The van der Waals surface area contributed by atoms with Gasteiger partial charge in [0, 0.05) is 92.4 Å². The number of alkyl halides is 1. The topological polar surface area (TPSA) is 51.8 Å². The lowest BCUT2D eigenvalue weighted by Crippen LogP contribution is -2.49. The van der Waals surface area contributed by atoms with Gasteiger partial charge in [0.05, 0.1) is 12.7 Å². The minimum Gasteiger partial charge on any atom is -0.492 e. The van der Waals surface area contributed by atoms with E-state index in [1.165, 1.54) is 12.1 Å². The molecule has 0 saturated carbocycles. The summed E-state index contributed by atoms with van der Waals surface area (Å²) in [7, 11) is 3.43. The maximum absolute atomic E-state index is 15.8. The van der Waals surface area contributed by atoms with Crippen LogP contribution in [0.3, 0.4) is 0 Å². The van der Waals surface area contributed by atoms with Crippen LogP contribution in [0.5, 0.6) is 5.75 Å². The summed E-state index contributed by atoms with van der Waals surface area (Å²) >= 11 is 0. The Kier molecular flexibility index (Phi) is 7.91. The molecule has 0 bridgehead atoms. The van der Waals surface area contributed by atoms with Crippen LogP contribution < -0.4 is 4.74 Å². The molecule has 0 unspecified atom stereocenters. The fourth-order valence-electron chi connectivity index (χ4n) is 6.09. The van der Waals surface area contributed by atoms with E-state index in [9.17, 15) is 9.18 Å². The predicted octanol–water partition coefficient (Wildman–Crippen LogP) is 4.79. The summed E-state index contributed by atoms with van der Waals surface area (Å²) in [6.45, 7) is 6.12. The van der Waals surface area contributed by atoms with Crippen molar-refractivity contribution in [1.29, 1.82) is 0 Å². The second-order valence-electron chi connectivity index (χ2n) is 11.3. The number of halogens is 3. The number of carbonyl (C=O) groups excluding carboxylic acids is 1. The molecule has 3 heterocycles. The molecule has 3 atom stereocenters. The minimum atomic E-state index is -0.735. The van der Waals surface area contributed by atoms with Gasteiger partial charge in [0.15, 0.2) is 0 Å². The number of carbonyl (C=O) groups is 1. The Morgan fingerprint density at radius 1 is 1.18 bits per heavy atom. The zero-order valence-electron chi connectivity index (χ0n) is 23.0. The Balaban J connectivity index is 1.47. The highest BCUT2D eigenvalue weighted by molar-refractivity contribution is 5.85. The zero-order chi connectivity index (χ0) is 27.8. The number of fused-ring (bicyclic) bond motifs is 3. The number of rotatable bonds is 9. The molecule has 1 saturated heterocycles. The van der Waals surface area contributed by atoms with Gasteiger partial charge in [-0.05, 0) is 25.0 Å². The van der Waals surface area contributed by atoms with Crippen molar-refractivity contribution in [1.82, 2.24) is 19.7 Å². The van der Waals surface area contributed by atoms with E-state index in [-0.39, 0.29) is 48.4 Å². The van der Waals surface area contributed by atoms with E-state index in [0.29, 0.717) is 32.6 Å². The molecule has 2 aromatic carbocycles. The van der Waals surface area contributed by atoms with Crippen LogP contribution in [0.1, 0.15) is 36.7 Å². The van der Waals surface area contributed by atoms with Gasteiger partial charge in [-0.3, -0.25) is 19.0 Å². The van der Waals surface area contributed by atoms with Crippen LogP contribution in [0.25, 0.3) is 10.9 Å². The average Bonchev–Trinajstić information content (AvgIpc) is 3.24. The van der Waals surface area contributed by atoms with E-state index in [4.69, 9.17) is 4.74 Å². The van der Waals surface area contributed by atoms with Gasteiger partial charge in [-0.25, -0.2) is 8.78 Å². The van der Waals surface area contributed by atoms with Crippen molar-refractivity contribution in [3.63, 3.8) is 0 Å². The molecule has 0 aliphatic carbocycles. The average molecular weight is 543 g/mol. The first-order chi connectivity index (χ1) is 18.7. The van der Waals surface area contributed by atoms with Crippen molar-refractivity contribution in [3.05, 3.63) is 64.9 Å². The van der Waals surface area contributed by atoms with Crippen molar-refractivity contribution in [2.75, 3.05) is 53.6 Å². The molecule has 6 nitrogen and oxygen atoms in total. The number of hydrogen-bond donors (Lipinski definition) is 1. The second kappa shape index (κ2) is 11.2. The molecule has 1 fully saturated rings. The Hall–Kier alpha value is -3.04. The van der Waals surface area contributed by atoms with Gasteiger partial charge in [0.25, 0.3) is 0 Å². The number of aromatic amines is 1. The largest absolute Gasteiger partial charge is 0.492 e. The molecule has 3 aromatic rings. The molecule has 9 heteroatoms. The summed E-state index contributed by atoms with van der Waals surface area (Å²) < 4.78 is 50.0. The van der Waals surface area contributed by atoms with Gasteiger partial charge in [-0.2, -0.15) is 0 Å². The van der Waals surface area contributed by atoms with Gasteiger partial charge in [0.2, 0.25) is 5.91 Å². The summed E-state index contributed by atoms with van der Waals surface area (Å²) in [6, 6.07) is 9.59. The standard InChI is InChI=1S/C30H37F3N4O2/c1-18(30(38)35(3)4)15-37-19(2)11-23-22-7-5-6-8-26(22)34-28(23)29(37)27-24(32)12-21(13-25(27)33)39-10-9-36-16-20(14-31)17-36/h5-8,12-13,18-20,29,34H,9-11,14-17H2,1-4H3/t18-,19+,29+/m0/s1. The summed E-state index contributed by atoms with van der Waals surface area (Å²) in [4.78, 5) is 21.8. The maximum Gasteiger partial charge on any atom is 0.226 e. The van der Waals surface area contributed by atoms with Crippen LogP contribution in [0.2, 0.25) is 0 Å². The maximum atomic E-state index is 15.8. The minimum absolute atomic E-state index is 0.0341. The molecule has 0 radical (unpaired) electrons. The van der Waals surface area contributed by atoms with Crippen molar-refractivity contribution >= 4 is 16.8 Å². The molecule has 210 valence electrons. The van der Waals surface area contributed by atoms with Gasteiger partial charge < -0.3 is 14.6 Å². The van der Waals surface area contributed by atoms with Crippen molar-refractivity contribution in [2.24, 2.45) is 11.8 Å². The van der Waals surface area contributed by atoms with Crippen LogP contribution in [-0.4, -0.2) is 85.2 Å². The number of H-pyrrole nitrogens is 1. The molecule has 2 aliphatic rings. The van der Waals surface area contributed by atoms with E-state index in [1.54, 1.807) is 19.0 Å². The fraction of sp³-hybridized carbons (Fsp3) is 0.500. The highest BCUT2D eigenvalue weighted by atomic mass is 19.1. The lowest BCUT2D eigenvalue weighted by atomic mass is 9.87. The van der Waals surface area contributed by atoms with E-state index in [0.717, 1.165) is 22.2 Å². The van der Waals surface area contributed by atoms with Crippen molar-refractivity contribution in [2.45, 2.75) is 32.4 Å². The molecule has 2 aliphatic heterocycles. The lowest BCUT2D eigenvalue weighted by Gasteiger charge is -2.42. The third-order valence-corrected chi connectivity index (χ3v) is 8.12. The highest BCUT2D eigenvalue weighted by Gasteiger charge is 2.40. The first-order valence-corrected chi connectivity index (χ1v) is 13.6. The van der Waals surface area contributed by atoms with E-state index < -0.39 is 17.7 Å². The molecular formula is C30H37F3N4O2. The molecule has 1 amide bonds. The fourth-order valence-corrected chi connectivity index (χ4v) is 6.09. The SMILES string of the molecule is C[C@@H]1Cc2c([nH]c3ccccc23)[C@@H](c2c(F)cc(OCCN3CC(CF)C3)cc2F)N1C[C@H](C)C(=O)N(C)C. The predicted molar refractivity (Wildman–Crippen MR) is 146 cm³/mol. The quantitative estimate of drug-likeness (QED) is 0.423. The molecule has 39 heavy (non-hydrogen) atoms. The number of benzene rings is 2. The van der Waals surface area contributed by atoms with Gasteiger partial charge in [-0.15, -0.1) is 0 Å². The third-order valence-electron chi connectivity index (χ3n) is 8.12. The Bertz CT molecular complexity index is 1310. The van der Waals surface area contributed by atoms with Gasteiger partial charge in [-0.1, -0.05) is 25.1 Å². The zero-order valence-corrected chi connectivity index (χ0v) is 23.0. The number of amides is 1.